The van der Waals surface area contributed by atoms with E-state index in [0.717, 1.165) is 38.2 Å². The van der Waals surface area contributed by atoms with Gasteiger partial charge in [-0.25, -0.2) is 15.0 Å². The van der Waals surface area contributed by atoms with Gasteiger partial charge in [0.05, 0.1) is 11.9 Å². The molecule has 2 aromatic heterocycles. The fourth-order valence-corrected chi connectivity index (χ4v) is 4.62. The molecule has 27 heavy (non-hydrogen) atoms. The minimum absolute atomic E-state index is 0.124. The van der Waals surface area contributed by atoms with E-state index in [1.807, 2.05) is 0 Å². The van der Waals surface area contributed by atoms with Crippen molar-refractivity contribution in [2.75, 3.05) is 23.7 Å². The molecule has 0 bridgehead atoms. The number of hydrogen-bond donors (Lipinski definition) is 3. The fourth-order valence-electron chi connectivity index (χ4n) is 4.41. The van der Waals surface area contributed by atoms with Crippen molar-refractivity contribution in [3.63, 3.8) is 0 Å². The fraction of sp³-hybridized carbons (Fsp3) is 0.474. The molecule has 2 aliphatic rings. The number of nitrogen functional groups attached to an aromatic ring is 1. The maximum atomic E-state index is 8.36. The van der Waals surface area contributed by atoms with E-state index < -0.39 is 0 Å². The van der Waals surface area contributed by atoms with E-state index in [2.05, 4.69) is 19.9 Å². The molecular formula is C19H24ClN7. The summed E-state index contributed by atoms with van der Waals surface area (Å²) in [6.07, 6.45) is 9.05. The molecule has 5 N–H and O–H groups in total. The summed E-state index contributed by atoms with van der Waals surface area (Å²) in [7, 11) is 0. The lowest BCUT2D eigenvalue weighted by Crippen LogP contribution is -2.47. The van der Waals surface area contributed by atoms with E-state index in [1.54, 1.807) is 24.5 Å². The average molecular weight is 386 g/mol. The molecule has 0 radical (unpaired) electrons. The molecule has 2 aromatic rings. The van der Waals surface area contributed by atoms with Gasteiger partial charge in [0.2, 0.25) is 0 Å². The van der Waals surface area contributed by atoms with E-state index in [9.17, 15) is 0 Å². The van der Waals surface area contributed by atoms with Crippen molar-refractivity contribution in [3.8, 4) is 0 Å². The lowest BCUT2D eigenvalue weighted by atomic mass is 9.74. The molecule has 1 aliphatic heterocycles. The van der Waals surface area contributed by atoms with Crippen LogP contribution in [0.5, 0.6) is 0 Å². The smallest absolute Gasteiger partial charge is 0.154 e. The molecule has 3 heterocycles. The van der Waals surface area contributed by atoms with Gasteiger partial charge in [0.25, 0.3) is 0 Å². The number of piperidine rings is 1. The number of halogens is 1. The van der Waals surface area contributed by atoms with Gasteiger partial charge in [-0.15, -0.1) is 0 Å². The van der Waals surface area contributed by atoms with Gasteiger partial charge >= 0.3 is 0 Å². The first-order valence-electron chi connectivity index (χ1n) is 9.33. The first-order valence-corrected chi connectivity index (χ1v) is 9.71. The second kappa shape index (κ2) is 7.05. The summed E-state index contributed by atoms with van der Waals surface area (Å²) >= 11 is 6.09. The van der Waals surface area contributed by atoms with Crippen LogP contribution in [0.4, 0.5) is 11.6 Å². The highest BCUT2D eigenvalue weighted by Gasteiger charge is 2.43. The number of nitrogens with zero attached hydrogens (tertiary/aromatic N) is 4. The van der Waals surface area contributed by atoms with Gasteiger partial charge in [0.1, 0.15) is 16.7 Å². The molecule has 0 unspecified atom stereocenters. The Morgan fingerprint density at radius 2 is 2.04 bits per heavy atom. The SMILES string of the molecule is N=C(c1cccnc1Cl)c1ncc(N2CCC3(CCC[C@H]3N)CC2)nc1N. The Bertz CT molecular complexity index is 861. The third-order valence-electron chi connectivity index (χ3n) is 6.11. The highest BCUT2D eigenvalue weighted by molar-refractivity contribution is 6.34. The zero-order valence-electron chi connectivity index (χ0n) is 15.2. The molecule has 142 valence electrons. The lowest BCUT2D eigenvalue weighted by Gasteiger charge is -2.42. The van der Waals surface area contributed by atoms with E-state index in [1.165, 1.54) is 12.8 Å². The van der Waals surface area contributed by atoms with Crippen molar-refractivity contribution in [3.05, 3.63) is 40.9 Å². The van der Waals surface area contributed by atoms with Gasteiger partial charge in [0, 0.05) is 30.9 Å². The monoisotopic (exact) mass is 385 g/mol. The van der Waals surface area contributed by atoms with E-state index in [-0.39, 0.29) is 16.7 Å². The van der Waals surface area contributed by atoms with Crippen LogP contribution in [-0.4, -0.2) is 39.8 Å². The predicted molar refractivity (Wildman–Crippen MR) is 107 cm³/mol. The van der Waals surface area contributed by atoms with Crippen LogP contribution < -0.4 is 16.4 Å². The van der Waals surface area contributed by atoms with Crippen LogP contribution in [-0.2, 0) is 0 Å². The molecule has 0 amide bonds. The van der Waals surface area contributed by atoms with E-state index in [4.69, 9.17) is 28.5 Å². The van der Waals surface area contributed by atoms with Crippen LogP contribution in [0, 0.1) is 10.8 Å². The Balaban J connectivity index is 1.51. The Morgan fingerprint density at radius 3 is 2.67 bits per heavy atom. The summed E-state index contributed by atoms with van der Waals surface area (Å²) < 4.78 is 0. The van der Waals surface area contributed by atoms with Crippen LogP contribution in [0.2, 0.25) is 5.15 Å². The van der Waals surface area contributed by atoms with Crippen LogP contribution in [0.1, 0.15) is 43.4 Å². The van der Waals surface area contributed by atoms with Crippen LogP contribution in [0.3, 0.4) is 0 Å². The summed E-state index contributed by atoms with van der Waals surface area (Å²) in [6.45, 7) is 1.82. The molecule has 1 atom stereocenters. The Hall–Kier alpha value is -2.25. The minimum atomic E-state index is 0.124. The summed E-state index contributed by atoms with van der Waals surface area (Å²) in [5.41, 5.74) is 13.7. The van der Waals surface area contributed by atoms with Crippen LogP contribution in [0.15, 0.2) is 24.5 Å². The molecule has 1 saturated heterocycles. The molecule has 1 aliphatic carbocycles. The van der Waals surface area contributed by atoms with Crippen molar-refractivity contribution >= 4 is 28.9 Å². The average Bonchev–Trinajstić information content (AvgIpc) is 3.02. The number of hydrogen-bond acceptors (Lipinski definition) is 7. The van der Waals surface area contributed by atoms with Gasteiger partial charge in [0.15, 0.2) is 5.82 Å². The molecule has 1 spiro atoms. The number of anilines is 2. The predicted octanol–water partition coefficient (Wildman–Crippen LogP) is 2.62. The first kappa shape index (κ1) is 18.1. The maximum absolute atomic E-state index is 8.36. The van der Waals surface area contributed by atoms with E-state index >= 15 is 0 Å². The van der Waals surface area contributed by atoms with Crippen molar-refractivity contribution < 1.29 is 0 Å². The number of rotatable bonds is 3. The zero-order chi connectivity index (χ0) is 19.0. The van der Waals surface area contributed by atoms with Gasteiger partial charge in [-0.1, -0.05) is 18.0 Å². The van der Waals surface area contributed by atoms with Crippen molar-refractivity contribution in [2.24, 2.45) is 11.1 Å². The second-order valence-electron chi connectivity index (χ2n) is 7.53. The zero-order valence-corrected chi connectivity index (χ0v) is 15.9. The second-order valence-corrected chi connectivity index (χ2v) is 7.88. The third-order valence-corrected chi connectivity index (χ3v) is 6.41. The van der Waals surface area contributed by atoms with Gasteiger partial charge in [-0.05, 0) is 43.2 Å². The standard InChI is InChI=1S/C19H24ClN7/c20-17-12(3-2-8-24-17)15(22)16-18(23)26-14(11-25-16)27-9-6-19(7-10-27)5-1-4-13(19)21/h2-3,8,11,13,22H,1,4-7,9-10,21H2,(H2,23,26)/t13-/m1/s1. The summed E-state index contributed by atoms with van der Waals surface area (Å²) in [5, 5.41) is 8.62. The molecule has 8 heteroatoms. The Labute approximate surface area is 163 Å². The third kappa shape index (κ3) is 3.26. The maximum Gasteiger partial charge on any atom is 0.154 e. The first-order chi connectivity index (χ1) is 13.0. The van der Waals surface area contributed by atoms with Gasteiger partial charge in [-0.3, -0.25) is 5.41 Å². The summed E-state index contributed by atoms with van der Waals surface area (Å²) in [5.74, 6) is 0.984. The largest absolute Gasteiger partial charge is 0.382 e. The summed E-state index contributed by atoms with van der Waals surface area (Å²) in [4.78, 5) is 15.1. The molecule has 1 saturated carbocycles. The van der Waals surface area contributed by atoms with Crippen molar-refractivity contribution in [2.45, 2.75) is 38.1 Å². The molecular weight excluding hydrogens is 362 g/mol. The number of pyridine rings is 1. The molecule has 0 aromatic carbocycles. The summed E-state index contributed by atoms with van der Waals surface area (Å²) in [6, 6.07) is 3.77. The normalized spacial score (nSPS) is 21.6. The highest BCUT2D eigenvalue weighted by atomic mass is 35.5. The number of nitrogens with two attached hydrogens (primary N) is 2. The number of nitrogens with one attached hydrogen (secondary N) is 1. The highest BCUT2D eigenvalue weighted by Crippen LogP contribution is 2.45. The van der Waals surface area contributed by atoms with Crippen LogP contribution >= 0.6 is 11.6 Å². The molecule has 7 nitrogen and oxygen atoms in total. The van der Waals surface area contributed by atoms with Gasteiger partial charge in [-0.2, -0.15) is 0 Å². The quantitative estimate of drug-likeness (QED) is 0.552. The Morgan fingerprint density at radius 1 is 1.26 bits per heavy atom. The number of aromatic nitrogens is 3. The molecule has 2 fully saturated rings. The van der Waals surface area contributed by atoms with Crippen molar-refractivity contribution in [1.29, 1.82) is 5.41 Å². The van der Waals surface area contributed by atoms with Crippen LogP contribution in [0.25, 0.3) is 0 Å². The van der Waals surface area contributed by atoms with Crippen molar-refractivity contribution in [1.82, 2.24) is 15.0 Å². The topological polar surface area (TPSA) is 118 Å². The Kier molecular flexibility index (Phi) is 4.74. The minimum Gasteiger partial charge on any atom is -0.382 e. The lowest BCUT2D eigenvalue weighted by molar-refractivity contribution is 0.197. The molecule has 4 rings (SSSR count). The van der Waals surface area contributed by atoms with E-state index in [0.29, 0.717) is 22.7 Å². The van der Waals surface area contributed by atoms with Gasteiger partial charge < -0.3 is 16.4 Å².